The molecular formula is C11H19N2O2+. The van der Waals surface area contributed by atoms with Gasteiger partial charge in [-0.05, 0) is 24.6 Å². The minimum atomic E-state index is 0.129. The Morgan fingerprint density at radius 2 is 1.80 bits per heavy atom. The summed E-state index contributed by atoms with van der Waals surface area (Å²) in [5.41, 5.74) is 3.20. The van der Waals surface area contributed by atoms with Gasteiger partial charge in [0, 0.05) is 17.9 Å². The first kappa shape index (κ1) is 11.8. The molecule has 0 amide bonds. The molecule has 0 heterocycles. The van der Waals surface area contributed by atoms with E-state index in [1.165, 1.54) is 0 Å². The molecule has 1 rings (SSSR count). The molecule has 0 bridgehead atoms. The Morgan fingerprint density at radius 1 is 1.20 bits per heavy atom. The maximum Gasteiger partial charge on any atom is 0.161 e. The molecule has 0 aliphatic rings. The first-order chi connectivity index (χ1) is 7.29. The fraction of sp³-hybridized carbons (Fsp3) is 0.455. The van der Waals surface area contributed by atoms with E-state index in [0.717, 1.165) is 16.9 Å². The van der Waals surface area contributed by atoms with E-state index in [2.05, 4.69) is 10.6 Å². The van der Waals surface area contributed by atoms with Crippen LogP contribution < -0.4 is 10.6 Å². The van der Waals surface area contributed by atoms with Crippen LogP contribution in [0.5, 0.6) is 0 Å². The largest absolute Gasteiger partial charge is 0.444 e. The van der Waals surface area contributed by atoms with Gasteiger partial charge in [0.05, 0.1) is 13.2 Å². The van der Waals surface area contributed by atoms with E-state index >= 15 is 0 Å². The molecule has 0 aliphatic heterocycles. The van der Waals surface area contributed by atoms with Gasteiger partial charge in [0.2, 0.25) is 0 Å². The first-order valence-electron chi connectivity index (χ1n) is 5.12. The van der Waals surface area contributed by atoms with Gasteiger partial charge in [0.1, 0.15) is 0 Å². The SMILES string of the molecule is Cc1c(NCCO)cccc1NCC[OH2+]. The molecule has 5 N–H and O–H groups in total. The van der Waals surface area contributed by atoms with Gasteiger partial charge in [0.25, 0.3) is 0 Å². The molecule has 0 saturated heterocycles. The van der Waals surface area contributed by atoms with Crippen LogP contribution in [0.2, 0.25) is 0 Å². The molecule has 0 aromatic heterocycles. The quantitative estimate of drug-likeness (QED) is 0.601. The number of rotatable bonds is 6. The summed E-state index contributed by atoms with van der Waals surface area (Å²) in [5.74, 6) is 0. The molecule has 4 nitrogen and oxygen atoms in total. The number of nitrogens with one attached hydrogen (secondary N) is 2. The van der Waals surface area contributed by atoms with Crippen molar-refractivity contribution in [1.29, 1.82) is 0 Å². The topological polar surface area (TPSA) is 67.2 Å². The van der Waals surface area contributed by atoms with Crippen LogP contribution in [-0.2, 0) is 0 Å². The third kappa shape index (κ3) is 3.42. The Labute approximate surface area is 89.9 Å². The summed E-state index contributed by atoms with van der Waals surface area (Å²) in [7, 11) is 0. The summed E-state index contributed by atoms with van der Waals surface area (Å²) >= 11 is 0. The molecule has 4 heteroatoms. The molecule has 0 spiro atoms. The van der Waals surface area contributed by atoms with Gasteiger partial charge >= 0.3 is 0 Å². The molecule has 1 aromatic rings. The predicted octanol–water partition coefficient (Wildman–Crippen LogP) is 0.536. The summed E-state index contributed by atoms with van der Waals surface area (Å²) in [6.45, 7) is 3.73. The zero-order valence-electron chi connectivity index (χ0n) is 9.01. The van der Waals surface area contributed by atoms with Crippen molar-refractivity contribution in [2.75, 3.05) is 36.9 Å². The second-order valence-electron chi connectivity index (χ2n) is 3.31. The number of hydrogen-bond donors (Lipinski definition) is 3. The normalized spacial score (nSPS) is 10.1. The summed E-state index contributed by atoms with van der Waals surface area (Å²) < 4.78 is 0. The third-order valence-electron chi connectivity index (χ3n) is 2.20. The summed E-state index contributed by atoms with van der Waals surface area (Å²) in [6, 6.07) is 5.94. The van der Waals surface area contributed by atoms with Crippen molar-refractivity contribution < 1.29 is 10.2 Å². The van der Waals surface area contributed by atoms with Crippen LogP contribution in [0.1, 0.15) is 5.56 Å². The lowest BCUT2D eigenvalue weighted by Crippen LogP contribution is -2.10. The second kappa shape index (κ2) is 6.27. The Morgan fingerprint density at radius 3 is 2.33 bits per heavy atom. The highest BCUT2D eigenvalue weighted by Gasteiger charge is 2.02. The average Bonchev–Trinajstić information content (AvgIpc) is 2.26. The minimum absolute atomic E-state index is 0.129. The van der Waals surface area contributed by atoms with Gasteiger partial charge in [-0.1, -0.05) is 6.07 Å². The first-order valence-corrected chi connectivity index (χ1v) is 5.12. The summed E-state index contributed by atoms with van der Waals surface area (Å²) in [4.78, 5) is 0. The van der Waals surface area contributed by atoms with Crippen molar-refractivity contribution >= 4 is 11.4 Å². The highest BCUT2D eigenvalue weighted by molar-refractivity contribution is 5.64. The molecule has 0 unspecified atom stereocenters. The van der Waals surface area contributed by atoms with Crippen molar-refractivity contribution in [2.45, 2.75) is 6.92 Å². The molecule has 15 heavy (non-hydrogen) atoms. The van der Waals surface area contributed by atoms with Gasteiger partial charge in [-0.25, -0.2) is 0 Å². The van der Waals surface area contributed by atoms with E-state index in [-0.39, 0.29) is 6.61 Å². The van der Waals surface area contributed by atoms with Crippen molar-refractivity contribution in [3.63, 3.8) is 0 Å². The van der Waals surface area contributed by atoms with E-state index in [0.29, 0.717) is 19.7 Å². The van der Waals surface area contributed by atoms with Gasteiger partial charge in [-0.2, -0.15) is 0 Å². The zero-order chi connectivity index (χ0) is 11.1. The minimum Gasteiger partial charge on any atom is -0.444 e. The summed E-state index contributed by atoms with van der Waals surface area (Å²) in [5, 5.41) is 22.1. The maximum absolute atomic E-state index is 8.73. The van der Waals surface area contributed by atoms with Crippen LogP contribution in [-0.4, -0.2) is 36.5 Å². The molecule has 1 aromatic carbocycles. The number of aliphatic hydroxyl groups is 1. The highest BCUT2D eigenvalue weighted by Crippen LogP contribution is 2.22. The smallest absolute Gasteiger partial charge is 0.161 e. The van der Waals surface area contributed by atoms with Crippen LogP contribution >= 0.6 is 0 Å². The third-order valence-corrected chi connectivity index (χ3v) is 2.20. The Bertz CT molecular complexity index is 276. The van der Waals surface area contributed by atoms with Crippen molar-refractivity contribution in [1.82, 2.24) is 0 Å². The standard InChI is InChI=1S/C11H18N2O2/c1-9-10(12-5-7-14)3-2-4-11(9)13-6-8-15/h2-4,12-15H,5-8H2,1H3/p+1. The highest BCUT2D eigenvalue weighted by atomic mass is 16.3. The molecule has 0 atom stereocenters. The summed E-state index contributed by atoms with van der Waals surface area (Å²) in [6.07, 6.45) is 0. The van der Waals surface area contributed by atoms with E-state index < -0.39 is 0 Å². The van der Waals surface area contributed by atoms with Crippen LogP contribution in [0.25, 0.3) is 0 Å². The Balaban J connectivity index is 2.71. The fourth-order valence-corrected chi connectivity index (χ4v) is 1.41. The lowest BCUT2D eigenvalue weighted by molar-refractivity contribution is 0.311. The van der Waals surface area contributed by atoms with Crippen LogP contribution in [0.3, 0.4) is 0 Å². The number of aliphatic hydroxyl groups excluding tert-OH is 1. The monoisotopic (exact) mass is 211 g/mol. The van der Waals surface area contributed by atoms with E-state index in [1.54, 1.807) is 0 Å². The Kier molecular flexibility index (Phi) is 4.93. The van der Waals surface area contributed by atoms with E-state index in [9.17, 15) is 0 Å². The number of hydrogen-bond acceptors (Lipinski definition) is 3. The van der Waals surface area contributed by atoms with Gasteiger partial charge in [-0.3, -0.25) is 0 Å². The Hall–Kier alpha value is -1.26. The number of benzene rings is 1. The van der Waals surface area contributed by atoms with Gasteiger partial charge in [0.15, 0.2) is 6.61 Å². The molecule has 84 valence electrons. The van der Waals surface area contributed by atoms with Crippen molar-refractivity contribution in [2.24, 2.45) is 0 Å². The second-order valence-corrected chi connectivity index (χ2v) is 3.31. The zero-order valence-corrected chi connectivity index (χ0v) is 9.01. The molecule has 0 aliphatic carbocycles. The van der Waals surface area contributed by atoms with Crippen molar-refractivity contribution in [3.8, 4) is 0 Å². The number of anilines is 2. The lowest BCUT2D eigenvalue weighted by atomic mass is 10.1. The molecule has 0 radical (unpaired) electrons. The van der Waals surface area contributed by atoms with Crippen LogP contribution in [0, 0.1) is 6.92 Å². The van der Waals surface area contributed by atoms with E-state index in [1.807, 2.05) is 25.1 Å². The molecule has 0 fully saturated rings. The van der Waals surface area contributed by atoms with Crippen molar-refractivity contribution in [3.05, 3.63) is 23.8 Å². The van der Waals surface area contributed by atoms with Gasteiger partial charge in [-0.15, -0.1) is 0 Å². The maximum atomic E-state index is 8.73. The van der Waals surface area contributed by atoms with Crippen LogP contribution in [0.15, 0.2) is 18.2 Å². The molecule has 0 saturated carbocycles. The van der Waals surface area contributed by atoms with E-state index in [4.69, 9.17) is 10.2 Å². The lowest BCUT2D eigenvalue weighted by Gasteiger charge is -2.13. The average molecular weight is 211 g/mol. The van der Waals surface area contributed by atoms with Crippen LogP contribution in [0.4, 0.5) is 11.4 Å². The molecular weight excluding hydrogens is 192 g/mol. The van der Waals surface area contributed by atoms with Gasteiger partial charge < -0.3 is 20.8 Å². The fourth-order valence-electron chi connectivity index (χ4n) is 1.41. The predicted molar refractivity (Wildman–Crippen MR) is 63.7 cm³/mol.